The van der Waals surface area contributed by atoms with Crippen LogP contribution in [0.3, 0.4) is 0 Å². The van der Waals surface area contributed by atoms with Crippen molar-refractivity contribution in [2.45, 2.75) is 26.6 Å². The van der Waals surface area contributed by atoms with Crippen LogP contribution in [-0.2, 0) is 12.7 Å². The van der Waals surface area contributed by atoms with Gasteiger partial charge in [-0.05, 0) is 55.3 Å². The maximum absolute atomic E-state index is 13.1. The van der Waals surface area contributed by atoms with Crippen LogP contribution in [0, 0.1) is 13.8 Å². The predicted molar refractivity (Wildman–Crippen MR) is 145 cm³/mol. The molecule has 1 amide bonds. The smallest absolute Gasteiger partial charge is 0.369 e. The zero-order valence-electron chi connectivity index (χ0n) is 21.2. The van der Waals surface area contributed by atoms with Crippen molar-refractivity contribution in [3.8, 4) is 22.5 Å². The minimum Gasteiger partial charge on any atom is -0.369 e. The molecular weight excluding hydrogens is 541 g/mol. The molecule has 3 aliphatic rings. The number of carbonyl (C=O) groups is 1. The molecule has 0 saturated carbocycles. The van der Waals surface area contributed by atoms with Gasteiger partial charge in [0.2, 0.25) is 0 Å². The van der Waals surface area contributed by atoms with Crippen molar-refractivity contribution in [2.75, 3.05) is 17.2 Å². The fraction of sp³-hybridized carbons (Fsp3) is 0.185. The van der Waals surface area contributed by atoms with Crippen LogP contribution in [0.25, 0.3) is 22.5 Å². The first-order chi connectivity index (χ1) is 19.2. The maximum Gasteiger partial charge on any atom is 0.416 e. The third-order valence-electron chi connectivity index (χ3n) is 6.42. The third kappa shape index (κ3) is 4.91. The third-order valence-corrected chi connectivity index (χ3v) is 7.22. The van der Waals surface area contributed by atoms with Crippen LogP contribution >= 0.6 is 11.3 Å². The second-order valence-electron chi connectivity index (χ2n) is 9.17. The summed E-state index contributed by atoms with van der Waals surface area (Å²) in [5.74, 6) is 0.853. The number of aryl methyl sites for hydroxylation is 2. The molecule has 0 unspecified atom stereocenters. The van der Waals surface area contributed by atoms with E-state index in [0.29, 0.717) is 24.4 Å². The number of halogens is 3. The topological polar surface area (TPSA) is 110 Å². The fourth-order valence-corrected chi connectivity index (χ4v) is 5.18. The first-order valence-corrected chi connectivity index (χ1v) is 13.0. The van der Waals surface area contributed by atoms with Gasteiger partial charge in [0.25, 0.3) is 11.5 Å². The van der Waals surface area contributed by atoms with Gasteiger partial charge in [-0.15, -0.1) is 0 Å². The Kier molecular flexibility index (Phi) is 6.29. The Hall–Kier alpha value is -4.65. The predicted octanol–water partition coefficient (Wildman–Crippen LogP) is 5.45. The number of benzene rings is 1. The monoisotopic (exact) mass is 562 g/mol. The largest absolute Gasteiger partial charge is 0.416 e. The van der Waals surface area contributed by atoms with Crippen LogP contribution in [0.15, 0.2) is 60.0 Å². The number of rotatable bonds is 4. The number of hydrogen-bond donors (Lipinski definition) is 2. The molecule has 0 radical (unpaired) electrons. The maximum atomic E-state index is 13.1. The Balaban J connectivity index is 1.37. The van der Waals surface area contributed by atoms with Crippen LogP contribution in [0.4, 0.5) is 29.7 Å². The Bertz CT molecular complexity index is 1810. The van der Waals surface area contributed by atoms with E-state index in [1.165, 1.54) is 11.3 Å². The Morgan fingerprint density at radius 3 is 2.70 bits per heavy atom. The van der Waals surface area contributed by atoms with E-state index in [0.717, 1.165) is 62.2 Å². The van der Waals surface area contributed by atoms with Crippen molar-refractivity contribution in [2.24, 2.45) is 4.99 Å². The average molecular weight is 563 g/mol. The number of nitrogens with one attached hydrogen (secondary N) is 2. The summed E-state index contributed by atoms with van der Waals surface area (Å²) in [5, 5.41) is 7.73. The highest BCUT2D eigenvalue weighted by molar-refractivity contribution is 7.15. The number of thiazole rings is 1. The van der Waals surface area contributed by atoms with E-state index >= 15 is 0 Å². The summed E-state index contributed by atoms with van der Waals surface area (Å²) in [6.45, 7) is 5.24. The van der Waals surface area contributed by atoms with Gasteiger partial charge in [0.05, 0.1) is 16.8 Å². The molecular formula is C27H21F3N8OS. The molecule has 2 N–H and O–H groups in total. The van der Waals surface area contributed by atoms with Crippen molar-refractivity contribution in [1.29, 1.82) is 0 Å². The molecule has 0 atom stereocenters. The normalized spacial score (nSPS) is 13.4. The highest BCUT2D eigenvalue weighted by Gasteiger charge is 2.31. The van der Waals surface area contributed by atoms with Crippen molar-refractivity contribution in [3.05, 3.63) is 82.4 Å². The van der Waals surface area contributed by atoms with Gasteiger partial charge in [0.15, 0.2) is 0 Å². The molecule has 3 aromatic rings. The number of nitrogens with zero attached hydrogens (tertiary/aromatic N) is 6. The second kappa shape index (κ2) is 9.83. The van der Waals surface area contributed by atoms with Crippen LogP contribution in [0.5, 0.6) is 0 Å². The second-order valence-corrected chi connectivity index (χ2v) is 10.4. The Labute approximate surface area is 229 Å². The average Bonchev–Trinajstić information content (AvgIpc) is 3.58. The van der Waals surface area contributed by atoms with E-state index < -0.39 is 17.6 Å². The highest BCUT2D eigenvalue weighted by atomic mass is 32.1. The minimum atomic E-state index is -4.57. The molecule has 202 valence electrons. The number of amides is 1. The Morgan fingerprint density at radius 1 is 1.07 bits per heavy atom. The van der Waals surface area contributed by atoms with Gasteiger partial charge >= 0.3 is 6.18 Å². The Morgan fingerprint density at radius 2 is 1.93 bits per heavy atom. The summed E-state index contributed by atoms with van der Waals surface area (Å²) >= 11 is 1.46. The van der Waals surface area contributed by atoms with E-state index in [2.05, 4.69) is 35.1 Å². The highest BCUT2D eigenvalue weighted by Crippen LogP contribution is 2.39. The zero-order valence-corrected chi connectivity index (χ0v) is 22.1. The van der Waals surface area contributed by atoms with Gasteiger partial charge in [-0.1, -0.05) is 17.4 Å². The lowest BCUT2D eigenvalue weighted by molar-refractivity contribution is -0.137. The molecule has 0 spiro atoms. The van der Waals surface area contributed by atoms with E-state index in [-0.39, 0.29) is 5.69 Å². The molecule has 40 heavy (non-hydrogen) atoms. The van der Waals surface area contributed by atoms with E-state index in [1.807, 2.05) is 26.0 Å². The van der Waals surface area contributed by atoms with Crippen LogP contribution < -0.4 is 16.3 Å². The lowest BCUT2D eigenvalue weighted by Gasteiger charge is -2.19. The SMILES string of the molecule is Cc1ncc(N=c2ncc3cc(-c4cc(NC(=O)c5cc(C(F)(F)F)ccn5)ccc4C)c4n(c-3n2)CCN4)s1. The molecule has 6 rings (SSSR count). The number of carbonyl (C=O) groups excluding carboxylic acids is 1. The molecule has 5 heterocycles. The van der Waals surface area contributed by atoms with E-state index in [9.17, 15) is 18.0 Å². The fourth-order valence-electron chi connectivity index (χ4n) is 4.54. The first kappa shape index (κ1) is 25.6. The number of aromatic nitrogens is 5. The van der Waals surface area contributed by atoms with Gasteiger partial charge < -0.3 is 15.2 Å². The van der Waals surface area contributed by atoms with E-state index in [4.69, 9.17) is 4.98 Å². The van der Waals surface area contributed by atoms with E-state index in [1.54, 1.807) is 24.5 Å². The van der Waals surface area contributed by atoms with Crippen LogP contribution in [0.2, 0.25) is 0 Å². The first-order valence-electron chi connectivity index (χ1n) is 12.2. The summed E-state index contributed by atoms with van der Waals surface area (Å²) in [7, 11) is 0. The number of pyridine rings is 2. The van der Waals surface area contributed by atoms with Gasteiger partial charge in [-0.3, -0.25) is 9.78 Å². The molecule has 0 aliphatic carbocycles. The molecule has 3 aliphatic heterocycles. The number of anilines is 2. The van der Waals surface area contributed by atoms with Gasteiger partial charge in [-0.2, -0.15) is 23.1 Å². The van der Waals surface area contributed by atoms with Crippen molar-refractivity contribution in [1.82, 2.24) is 24.5 Å². The molecule has 1 aromatic carbocycles. The number of hydrogen-bond acceptors (Lipinski definition) is 8. The lowest BCUT2D eigenvalue weighted by atomic mass is 9.98. The minimum absolute atomic E-state index is 0.326. The lowest BCUT2D eigenvalue weighted by Crippen LogP contribution is -2.17. The van der Waals surface area contributed by atoms with Crippen molar-refractivity contribution < 1.29 is 18.0 Å². The van der Waals surface area contributed by atoms with Crippen molar-refractivity contribution in [3.63, 3.8) is 0 Å². The quantitative estimate of drug-likeness (QED) is 0.302. The molecule has 0 bridgehead atoms. The van der Waals surface area contributed by atoms with Gasteiger partial charge in [0.1, 0.15) is 22.3 Å². The summed E-state index contributed by atoms with van der Waals surface area (Å²) in [6.07, 6.45) is -0.189. The number of fused-ring (bicyclic) bond motifs is 3. The summed E-state index contributed by atoms with van der Waals surface area (Å²) in [4.78, 5) is 34.4. The standard InChI is InChI=1S/C27H21F3N8OS/c1-14-3-4-18(35-25(39)21-10-17(5-6-31-21)27(28,29)30)11-19(14)20-9-16-12-34-26(36-22-13-33-15(2)40-22)37-23(16)38-8-7-32-24(20)38/h3-6,9-13,32H,7-8H2,1-2H3,(H,35,39). The van der Waals surface area contributed by atoms with Crippen molar-refractivity contribution >= 4 is 33.8 Å². The summed E-state index contributed by atoms with van der Waals surface area (Å²) < 4.78 is 41.4. The molecule has 0 fully saturated rings. The van der Waals surface area contributed by atoms with Gasteiger partial charge in [-0.25, -0.2) is 9.97 Å². The van der Waals surface area contributed by atoms with Gasteiger partial charge in [0, 0.05) is 42.3 Å². The van der Waals surface area contributed by atoms with Crippen LogP contribution in [0.1, 0.15) is 26.6 Å². The molecule has 0 saturated heterocycles. The summed E-state index contributed by atoms with van der Waals surface area (Å²) in [6, 6.07) is 8.87. The zero-order chi connectivity index (χ0) is 28.0. The van der Waals surface area contributed by atoms with Crippen LogP contribution in [-0.4, -0.2) is 37.0 Å². The number of alkyl halides is 3. The molecule has 13 heteroatoms. The summed E-state index contributed by atoms with van der Waals surface area (Å²) in [5.41, 5.74) is 2.97. The molecule has 2 aromatic heterocycles. The molecule has 9 nitrogen and oxygen atoms in total.